The summed E-state index contributed by atoms with van der Waals surface area (Å²) in [5.74, 6) is 0.453. The number of halogens is 1. The highest BCUT2D eigenvalue weighted by atomic mass is 35.5. The Labute approximate surface area is 243 Å². The molecule has 4 aromatic rings. The van der Waals surface area contributed by atoms with E-state index in [9.17, 15) is 15.3 Å². The van der Waals surface area contributed by atoms with E-state index in [1.165, 1.54) is 18.3 Å². The molecule has 0 radical (unpaired) electrons. The highest BCUT2D eigenvalue weighted by Crippen LogP contribution is 2.40. The first-order chi connectivity index (χ1) is 19.8. The van der Waals surface area contributed by atoms with Crippen LogP contribution in [0.1, 0.15) is 18.2 Å². The van der Waals surface area contributed by atoms with E-state index < -0.39 is 0 Å². The molecule has 41 heavy (non-hydrogen) atoms. The van der Waals surface area contributed by atoms with Crippen LogP contribution in [0.5, 0.6) is 11.5 Å². The van der Waals surface area contributed by atoms with Gasteiger partial charge in [0.1, 0.15) is 24.2 Å². The number of fused-ring (bicyclic) bond motifs is 1. The van der Waals surface area contributed by atoms with Gasteiger partial charge in [-0.15, -0.1) is 0 Å². The highest BCUT2D eigenvalue weighted by molar-refractivity contribution is 6.32. The zero-order valence-electron chi connectivity index (χ0n) is 22.8. The number of nitriles is 1. The molecule has 0 unspecified atom stereocenters. The number of carbonyl (C=O) groups excluding carboxylic acids is 1. The molecule has 210 valence electrons. The number of anilines is 3. The van der Waals surface area contributed by atoms with E-state index in [1.807, 2.05) is 44.1 Å². The molecule has 0 saturated carbocycles. The number of hydrogen-bond donors (Lipinski definition) is 2. The topological polar surface area (TPSA) is 124 Å². The molecule has 0 aliphatic rings. The fourth-order valence-electron chi connectivity index (χ4n) is 3.94. The lowest BCUT2D eigenvalue weighted by Gasteiger charge is -2.22. The summed E-state index contributed by atoms with van der Waals surface area (Å²) in [5, 5.41) is 25.6. The summed E-state index contributed by atoms with van der Waals surface area (Å²) in [4.78, 5) is 23.2. The van der Waals surface area contributed by atoms with Crippen LogP contribution < -0.4 is 19.9 Å². The monoisotopic (exact) mass is 572 g/mol. The number of hydrogen-bond acceptors (Lipinski definition) is 9. The molecule has 0 bridgehead atoms. The first-order valence-electron chi connectivity index (χ1n) is 12.7. The second-order valence-electron chi connectivity index (χ2n) is 9.12. The van der Waals surface area contributed by atoms with Crippen LogP contribution in [0.25, 0.3) is 10.9 Å². The van der Waals surface area contributed by atoms with Crippen LogP contribution in [0.15, 0.2) is 73.1 Å². The average Bonchev–Trinajstić information content (AvgIpc) is 2.96. The van der Waals surface area contributed by atoms with Crippen molar-refractivity contribution in [2.24, 2.45) is 0 Å². The van der Waals surface area contributed by atoms with Gasteiger partial charge in [-0.1, -0.05) is 23.7 Å². The fraction of sp³-hybridized carbons (Fsp3) is 0.200. The van der Waals surface area contributed by atoms with E-state index in [0.29, 0.717) is 41.2 Å². The zero-order chi connectivity index (χ0) is 29.4. The average molecular weight is 573 g/mol. The van der Waals surface area contributed by atoms with Crippen LogP contribution in [0.2, 0.25) is 5.02 Å². The molecule has 0 atom stereocenters. The van der Waals surface area contributed by atoms with E-state index in [1.54, 1.807) is 36.5 Å². The molecule has 0 spiro atoms. The van der Waals surface area contributed by atoms with Crippen molar-refractivity contribution in [2.45, 2.75) is 13.5 Å². The molecule has 0 aliphatic carbocycles. The first kappa shape index (κ1) is 29.3. The van der Waals surface area contributed by atoms with Gasteiger partial charge in [-0.2, -0.15) is 5.26 Å². The first-order valence-corrected chi connectivity index (χ1v) is 13.1. The number of rotatable bonds is 11. The van der Waals surface area contributed by atoms with Crippen LogP contribution in [0, 0.1) is 11.3 Å². The van der Waals surface area contributed by atoms with Crippen molar-refractivity contribution in [1.82, 2.24) is 14.9 Å². The molecule has 1 amide bonds. The second-order valence-corrected chi connectivity index (χ2v) is 9.53. The molecule has 2 N–H and O–H groups in total. The summed E-state index contributed by atoms with van der Waals surface area (Å²) in [7, 11) is 3.80. The zero-order valence-corrected chi connectivity index (χ0v) is 23.6. The lowest BCUT2D eigenvalue weighted by atomic mass is 10.1. The van der Waals surface area contributed by atoms with E-state index in [0.717, 1.165) is 10.8 Å². The largest absolute Gasteiger partial charge is 0.492 e. The molecule has 0 aliphatic heterocycles. The molecular formula is C30H29ClN6O4. The minimum Gasteiger partial charge on any atom is -0.492 e. The Morgan fingerprint density at radius 1 is 1.15 bits per heavy atom. The lowest BCUT2D eigenvalue weighted by Crippen LogP contribution is -2.15. The minimum atomic E-state index is -0.355. The van der Waals surface area contributed by atoms with Gasteiger partial charge in [0.2, 0.25) is 5.91 Å². The Balaban J connectivity index is 1.69. The van der Waals surface area contributed by atoms with Crippen molar-refractivity contribution in [3.8, 4) is 17.6 Å². The van der Waals surface area contributed by atoms with E-state index in [4.69, 9.17) is 21.1 Å². The van der Waals surface area contributed by atoms with E-state index in [-0.39, 0.29) is 34.5 Å². The van der Waals surface area contributed by atoms with Crippen molar-refractivity contribution in [1.29, 1.82) is 5.26 Å². The second kappa shape index (κ2) is 13.6. The van der Waals surface area contributed by atoms with Crippen molar-refractivity contribution in [3.63, 3.8) is 0 Å². The summed E-state index contributed by atoms with van der Waals surface area (Å²) in [6.45, 7) is 3.00. The minimum absolute atomic E-state index is 0.110. The maximum absolute atomic E-state index is 12.6. The van der Waals surface area contributed by atoms with Gasteiger partial charge < -0.3 is 19.7 Å². The number of pyridine rings is 2. The number of carbonyl (C=O) groups is 1. The Morgan fingerprint density at radius 3 is 2.66 bits per heavy atom. The number of aromatic nitrogens is 2. The van der Waals surface area contributed by atoms with Crippen LogP contribution in [0.3, 0.4) is 0 Å². The number of nitrogens with zero attached hydrogens (tertiary/aromatic N) is 5. The van der Waals surface area contributed by atoms with E-state index >= 15 is 0 Å². The molecule has 10 nitrogen and oxygen atoms in total. The standard InChI is InChI=1S/C30H29ClN6O4/c1-4-40-28-16-25-23(15-26(28)35-29(38)9-7-13-36(2)3)30(20(17-32)18-34-25)37(39)22-10-11-27(24(31)14-22)41-19-21-8-5-6-12-33-21/h5-12,14-16,18,39H,4,13,19H2,1-3H3,(H,35,38)/b9-7+. The van der Waals surface area contributed by atoms with E-state index in [2.05, 4.69) is 21.4 Å². The summed E-state index contributed by atoms with van der Waals surface area (Å²) in [6, 6.07) is 15.6. The highest BCUT2D eigenvalue weighted by Gasteiger charge is 2.20. The molecule has 0 saturated heterocycles. The predicted octanol–water partition coefficient (Wildman–Crippen LogP) is 5.72. The molecule has 11 heteroatoms. The van der Waals surface area contributed by atoms with Crippen molar-refractivity contribution < 1.29 is 19.5 Å². The molecule has 2 aromatic carbocycles. The van der Waals surface area contributed by atoms with Gasteiger partial charge in [-0.25, -0.2) is 5.06 Å². The maximum atomic E-state index is 12.6. The van der Waals surface area contributed by atoms with Gasteiger partial charge in [0.25, 0.3) is 0 Å². The number of likely N-dealkylation sites (N-methyl/N-ethyl adjacent to an activating group) is 1. The Bertz CT molecular complexity index is 1600. The summed E-state index contributed by atoms with van der Waals surface area (Å²) in [5.41, 5.74) is 2.11. The third-order valence-electron chi connectivity index (χ3n) is 5.83. The van der Waals surface area contributed by atoms with Crippen LogP contribution in [0.4, 0.5) is 17.1 Å². The SMILES string of the molecule is CCOc1cc2ncc(C#N)c(N(O)c3ccc(OCc4ccccn4)c(Cl)c3)c2cc1NC(=O)/C=C/CN(C)C. The molecule has 0 fully saturated rings. The van der Waals surface area contributed by atoms with Crippen LogP contribution in [-0.2, 0) is 11.4 Å². The number of benzene rings is 2. The number of amides is 1. The van der Waals surface area contributed by atoms with Gasteiger partial charge in [-0.05, 0) is 57.4 Å². The number of nitrogens with one attached hydrogen (secondary N) is 1. The summed E-state index contributed by atoms with van der Waals surface area (Å²) < 4.78 is 11.5. The Morgan fingerprint density at radius 2 is 1.98 bits per heavy atom. The third-order valence-corrected chi connectivity index (χ3v) is 6.13. The molecule has 2 aromatic heterocycles. The Kier molecular flexibility index (Phi) is 9.71. The van der Waals surface area contributed by atoms with Gasteiger partial charge >= 0.3 is 0 Å². The quantitative estimate of drug-likeness (QED) is 0.171. The molecular weight excluding hydrogens is 544 g/mol. The molecule has 4 rings (SSSR count). The maximum Gasteiger partial charge on any atom is 0.248 e. The van der Waals surface area contributed by atoms with Crippen LogP contribution in [-0.4, -0.2) is 53.2 Å². The number of ether oxygens (including phenoxy) is 2. The predicted molar refractivity (Wildman–Crippen MR) is 158 cm³/mol. The van der Waals surface area contributed by atoms with Crippen molar-refractivity contribution in [3.05, 3.63) is 89.4 Å². The summed E-state index contributed by atoms with van der Waals surface area (Å²) in [6.07, 6.45) is 6.21. The van der Waals surface area contributed by atoms with Gasteiger partial charge in [0.05, 0.1) is 45.5 Å². The fourth-order valence-corrected chi connectivity index (χ4v) is 4.17. The van der Waals surface area contributed by atoms with Gasteiger partial charge in [0, 0.05) is 36.5 Å². The smallest absolute Gasteiger partial charge is 0.248 e. The van der Waals surface area contributed by atoms with Crippen LogP contribution >= 0.6 is 11.6 Å². The third kappa shape index (κ3) is 7.29. The van der Waals surface area contributed by atoms with Gasteiger partial charge in [0.15, 0.2) is 0 Å². The molecule has 2 heterocycles. The van der Waals surface area contributed by atoms with Crippen molar-refractivity contribution >= 4 is 45.5 Å². The lowest BCUT2D eigenvalue weighted by molar-refractivity contribution is -0.111. The normalized spacial score (nSPS) is 11.0. The summed E-state index contributed by atoms with van der Waals surface area (Å²) >= 11 is 6.48. The van der Waals surface area contributed by atoms with Gasteiger partial charge in [-0.3, -0.25) is 20.0 Å². The van der Waals surface area contributed by atoms with Crippen molar-refractivity contribution in [2.75, 3.05) is 37.6 Å². The Hall–Kier alpha value is -4.69.